The first-order chi connectivity index (χ1) is 12.1. The Bertz CT molecular complexity index is 905. The Kier molecular flexibility index (Phi) is 5.19. The van der Waals surface area contributed by atoms with Gasteiger partial charge in [-0.25, -0.2) is 0 Å². The third-order valence-corrected chi connectivity index (χ3v) is 4.72. The number of ketones is 1. The van der Waals surface area contributed by atoms with Gasteiger partial charge in [-0.2, -0.15) is 0 Å². The zero-order valence-corrected chi connectivity index (χ0v) is 15.2. The van der Waals surface area contributed by atoms with E-state index in [4.69, 9.17) is 4.74 Å². The number of ether oxygens (including phenoxy) is 1. The van der Waals surface area contributed by atoms with Crippen LogP contribution in [-0.2, 0) is 0 Å². The predicted molar refractivity (Wildman–Crippen MR) is 98.9 cm³/mol. The number of hydrogen-bond donors (Lipinski definition) is 0. The van der Waals surface area contributed by atoms with Crippen molar-refractivity contribution in [1.29, 1.82) is 0 Å². The molecule has 0 fully saturated rings. The van der Waals surface area contributed by atoms with Crippen molar-refractivity contribution >= 4 is 17.5 Å². The summed E-state index contributed by atoms with van der Waals surface area (Å²) in [5, 5.41) is 9.09. The summed E-state index contributed by atoms with van der Waals surface area (Å²) < 4.78 is 7.23. The average Bonchev–Trinajstić information content (AvgIpc) is 3.00. The second-order valence-corrected chi connectivity index (χ2v) is 6.56. The zero-order valence-electron chi connectivity index (χ0n) is 14.4. The molecule has 0 N–H and O–H groups in total. The molecule has 0 amide bonds. The normalized spacial score (nSPS) is 10.7. The fourth-order valence-electron chi connectivity index (χ4n) is 2.58. The van der Waals surface area contributed by atoms with Gasteiger partial charge in [-0.15, -0.1) is 10.2 Å². The number of carbonyl (C=O) groups excluding carboxylic acids is 1. The van der Waals surface area contributed by atoms with E-state index in [1.807, 2.05) is 48.7 Å². The fraction of sp³-hybridized carbons (Fsp3) is 0.211. The Morgan fingerprint density at radius 3 is 2.68 bits per heavy atom. The Morgan fingerprint density at radius 2 is 1.92 bits per heavy atom. The average molecular weight is 353 g/mol. The van der Waals surface area contributed by atoms with Crippen LogP contribution in [0.5, 0.6) is 5.75 Å². The van der Waals surface area contributed by atoms with Gasteiger partial charge in [0.1, 0.15) is 11.6 Å². The first-order valence-corrected chi connectivity index (χ1v) is 8.87. The SMILES string of the molecule is COc1ccccc1C(=O)CSc1nnc(C)n1-c1cccc(C)c1. The Labute approximate surface area is 151 Å². The lowest BCUT2D eigenvalue weighted by atomic mass is 10.1. The van der Waals surface area contributed by atoms with Crippen molar-refractivity contribution in [1.82, 2.24) is 14.8 Å². The van der Waals surface area contributed by atoms with Crippen LogP contribution in [0.15, 0.2) is 53.7 Å². The Hall–Kier alpha value is -2.60. The first-order valence-electron chi connectivity index (χ1n) is 7.88. The second kappa shape index (κ2) is 7.53. The van der Waals surface area contributed by atoms with E-state index in [1.165, 1.54) is 11.8 Å². The molecular weight excluding hydrogens is 334 g/mol. The molecule has 0 saturated heterocycles. The third-order valence-electron chi connectivity index (χ3n) is 3.79. The van der Waals surface area contributed by atoms with Gasteiger partial charge in [0.05, 0.1) is 18.4 Å². The van der Waals surface area contributed by atoms with Crippen LogP contribution in [0.4, 0.5) is 0 Å². The maximum atomic E-state index is 12.5. The quantitative estimate of drug-likeness (QED) is 0.497. The molecule has 0 bridgehead atoms. The van der Waals surface area contributed by atoms with Crippen LogP contribution in [-0.4, -0.2) is 33.4 Å². The summed E-state index contributed by atoms with van der Waals surface area (Å²) in [6, 6.07) is 15.4. The van der Waals surface area contributed by atoms with Crippen LogP contribution in [0.2, 0.25) is 0 Å². The van der Waals surface area contributed by atoms with Crippen molar-refractivity contribution in [2.24, 2.45) is 0 Å². The highest BCUT2D eigenvalue weighted by Crippen LogP contribution is 2.25. The maximum Gasteiger partial charge on any atom is 0.196 e. The summed E-state index contributed by atoms with van der Waals surface area (Å²) in [7, 11) is 1.57. The zero-order chi connectivity index (χ0) is 17.8. The highest BCUT2D eigenvalue weighted by molar-refractivity contribution is 7.99. The molecule has 1 heterocycles. The highest BCUT2D eigenvalue weighted by Gasteiger charge is 2.16. The lowest BCUT2D eigenvalue weighted by Gasteiger charge is -2.10. The summed E-state index contributed by atoms with van der Waals surface area (Å²) in [5.74, 6) is 1.64. The van der Waals surface area contributed by atoms with Crippen molar-refractivity contribution in [3.05, 3.63) is 65.5 Å². The van der Waals surface area contributed by atoms with E-state index < -0.39 is 0 Å². The molecule has 1 aromatic heterocycles. The van der Waals surface area contributed by atoms with Gasteiger partial charge < -0.3 is 4.74 Å². The largest absolute Gasteiger partial charge is 0.496 e. The molecule has 0 unspecified atom stereocenters. The number of para-hydroxylation sites is 1. The molecule has 3 aromatic rings. The summed E-state index contributed by atoms with van der Waals surface area (Å²) >= 11 is 1.37. The Balaban J connectivity index is 1.82. The number of hydrogen-bond acceptors (Lipinski definition) is 5. The van der Waals surface area contributed by atoms with Gasteiger partial charge >= 0.3 is 0 Å². The number of rotatable bonds is 6. The lowest BCUT2D eigenvalue weighted by molar-refractivity contribution is 0.101. The van der Waals surface area contributed by atoms with Gasteiger partial charge in [0.25, 0.3) is 0 Å². The van der Waals surface area contributed by atoms with Gasteiger partial charge in [0.15, 0.2) is 10.9 Å². The van der Waals surface area contributed by atoms with Crippen molar-refractivity contribution in [3.8, 4) is 11.4 Å². The molecular formula is C19H19N3O2S. The number of methoxy groups -OCH3 is 1. The molecule has 0 saturated carbocycles. The number of thioether (sulfide) groups is 1. The van der Waals surface area contributed by atoms with Crippen molar-refractivity contribution in [2.75, 3.05) is 12.9 Å². The van der Waals surface area contributed by atoms with E-state index in [1.54, 1.807) is 19.2 Å². The minimum Gasteiger partial charge on any atom is -0.496 e. The van der Waals surface area contributed by atoms with Gasteiger partial charge in [-0.3, -0.25) is 9.36 Å². The molecule has 2 aromatic carbocycles. The van der Waals surface area contributed by atoms with Crippen LogP contribution < -0.4 is 4.74 Å². The molecule has 0 spiro atoms. The minimum atomic E-state index is -0.00102. The molecule has 0 atom stereocenters. The molecule has 0 radical (unpaired) electrons. The maximum absolute atomic E-state index is 12.5. The summed E-state index contributed by atoms with van der Waals surface area (Å²) in [4.78, 5) is 12.5. The third kappa shape index (κ3) is 3.74. The number of Topliss-reactive ketones (excluding diaryl/α,β-unsaturated/α-hetero) is 1. The molecule has 5 nitrogen and oxygen atoms in total. The van der Waals surface area contributed by atoms with Crippen molar-refractivity contribution < 1.29 is 9.53 Å². The van der Waals surface area contributed by atoms with E-state index in [9.17, 15) is 4.79 Å². The fourth-order valence-corrected chi connectivity index (χ4v) is 3.46. The summed E-state index contributed by atoms with van der Waals surface area (Å²) in [6.45, 7) is 3.95. The van der Waals surface area contributed by atoms with E-state index in [2.05, 4.69) is 16.3 Å². The molecule has 0 aliphatic rings. The number of nitrogens with zero attached hydrogens (tertiary/aromatic N) is 3. The van der Waals surface area contributed by atoms with Crippen molar-refractivity contribution in [2.45, 2.75) is 19.0 Å². The van der Waals surface area contributed by atoms with Crippen LogP contribution in [0.1, 0.15) is 21.7 Å². The predicted octanol–water partition coefficient (Wildman–Crippen LogP) is 3.87. The highest BCUT2D eigenvalue weighted by atomic mass is 32.2. The summed E-state index contributed by atoms with van der Waals surface area (Å²) in [6.07, 6.45) is 0. The summed E-state index contributed by atoms with van der Waals surface area (Å²) in [5.41, 5.74) is 2.73. The molecule has 6 heteroatoms. The standard InChI is InChI=1S/C19H19N3O2S/c1-13-7-6-8-15(11-13)22-14(2)20-21-19(22)25-12-17(23)16-9-4-5-10-18(16)24-3/h4-11H,12H2,1-3H3. The van der Waals surface area contributed by atoms with E-state index >= 15 is 0 Å². The molecule has 128 valence electrons. The van der Waals surface area contributed by atoms with Crippen LogP contribution in [0.25, 0.3) is 5.69 Å². The van der Waals surface area contributed by atoms with Gasteiger partial charge in [0.2, 0.25) is 0 Å². The smallest absolute Gasteiger partial charge is 0.196 e. The van der Waals surface area contributed by atoms with Crippen LogP contribution >= 0.6 is 11.8 Å². The van der Waals surface area contributed by atoms with Crippen LogP contribution in [0.3, 0.4) is 0 Å². The lowest BCUT2D eigenvalue weighted by Crippen LogP contribution is -2.06. The van der Waals surface area contributed by atoms with E-state index in [-0.39, 0.29) is 11.5 Å². The second-order valence-electron chi connectivity index (χ2n) is 5.62. The van der Waals surface area contributed by atoms with Gasteiger partial charge in [-0.05, 0) is 43.7 Å². The topological polar surface area (TPSA) is 57.0 Å². The monoisotopic (exact) mass is 353 g/mol. The van der Waals surface area contributed by atoms with E-state index in [0.29, 0.717) is 16.5 Å². The van der Waals surface area contributed by atoms with Gasteiger partial charge in [0, 0.05) is 5.69 Å². The molecule has 0 aliphatic carbocycles. The van der Waals surface area contributed by atoms with Crippen molar-refractivity contribution in [3.63, 3.8) is 0 Å². The number of aryl methyl sites for hydroxylation is 2. The number of carbonyl (C=O) groups is 1. The van der Waals surface area contributed by atoms with Crippen LogP contribution in [0, 0.1) is 13.8 Å². The van der Waals surface area contributed by atoms with E-state index in [0.717, 1.165) is 17.1 Å². The minimum absolute atomic E-state index is 0.00102. The van der Waals surface area contributed by atoms with Gasteiger partial charge in [-0.1, -0.05) is 36.0 Å². The molecule has 25 heavy (non-hydrogen) atoms. The number of aromatic nitrogens is 3. The number of benzene rings is 2. The Morgan fingerprint density at radius 1 is 1.12 bits per heavy atom. The molecule has 3 rings (SSSR count). The first kappa shape index (κ1) is 17.2. The molecule has 0 aliphatic heterocycles.